The number of halogens is 1. The number of rotatable bonds is 4. The summed E-state index contributed by atoms with van der Waals surface area (Å²) >= 11 is 0. The normalized spacial score (nSPS) is 13.8. The molecule has 2 rings (SSSR count). The second-order valence-electron chi connectivity index (χ2n) is 4.49. The maximum absolute atomic E-state index is 12.0. The van der Waals surface area contributed by atoms with Gasteiger partial charge in [-0.1, -0.05) is 17.7 Å². The molecule has 0 atom stereocenters. The topological polar surface area (TPSA) is 110 Å². The zero-order valence-electron chi connectivity index (χ0n) is 11.3. The van der Waals surface area contributed by atoms with Gasteiger partial charge in [-0.3, -0.25) is 14.9 Å². The van der Waals surface area contributed by atoms with E-state index in [4.69, 9.17) is 5.73 Å². The number of nitro groups is 1. The van der Waals surface area contributed by atoms with Crippen LogP contribution in [-0.2, 0) is 0 Å². The van der Waals surface area contributed by atoms with Crippen molar-refractivity contribution in [1.29, 1.82) is 0 Å². The Morgan fingerprint density at radius 1 is 1.48 bits per heavy atom. The van der Waals surface area contributed by atoms with Gasteiger partial charge in [-0.25, -0.2) is 0 Å². The molecule has 0 fully saturated rings. The smallest absolute Gasteiger partial charge is 0.292 e. The molecule has 1 aliphatic heterocycles. The van der Waals surface area contributed by atoms with Crippen LogP contribution in [0.2, 0.25) is 0 Å². The number of nitrogens with one attached hydrogen (secondary N) is 2. The fourth-order valence-corrected chi connectivity index (χ4v) is 2.03. The summed E-state index contributed by atoms with van der Waals surface area (Å²) in [5.74, 6) is -0.398. The number of benzene rings is 1. The molecule has 0 aliphatic carbocycles. The number of hydrogen-bond acceptors (Lipinski definition) is 5. The van der Waals surface area contributed by atoms with Crippen molar-refractivity contribution in [1.82, 2.24) is 10.6 Å². The van der Waals surface area contributed by atoms with Gasteiger partial charge in [0, 0.05) is 19.2 Å². The van der Waals surface area contributed by atoms with Gasteiger partial charge in [0.1, 0.15) is 5.69 Å². The molecular weight excluding hydrogens is 296 g/mol. The highest BCUT2D eigenvalue weighted by Crippen LogP contribution is 2.24. The Hall–Kier alpha value is -2.12. The summed E-state index contributed by atoms with van der Waals surface area (Å²) in [5, 5.41) is 16.7. The van der Waals surface area contributed by atoms with E-state index >= 15 is 0 Å². The first-order valence-electron chi connectivity index (χ1n) is 6.29. The number of nitrogens with two attached hydrogens (primary N) is 1. The molecule has 0 radical (unpaired) electrons. The molecule has 1 aromatic carbocycles. The Kier molecular flexibility index (Phi) is 6.13. The van der Waals surface area contributed by atoms with Crippen molar-refractivity contribution in [3.05, 3.63) is 45.5 Å². The van der Waals surface area contributed by atoms with Crippen LogP contribution in [0.15, 0.2) is 29.8 Å². The van der Waals surface area contributed by atoms with Crippen LogP contribution in [-0.4, -0.2) is 30.5 Å². The van der Waals surface area contributed by atoms with Gasteiger partial charge in [-0.2, -0.15) is 0 Å². The quantitative estimate of drug-likeness (QED) is 0.335. The van der Waals surface area contributed by atoms with Crippen molar-refractivity contribution in [3.8, 4) is 0 Å². The van der Waals surface area contributed by atoms with Gasteiger partial charge < -0.3 is 16.4 Å². The fourth-order valence-electron chi connectivity index (χ4n) is 2.03. The van der Waals surface area contributed by atoms with Gasteiger partial charge in [-0.05, 0) is 19.0 Å². The van der Waals surface area contributed by atoms with Crippen molar-refractivity contribution < 1.29 is 9.72 Å². The highest BCUT2D eigenvalue weighted by molar-refractivity contribution is 6.01. The first-order chi connectivity index (χ1) is 9.59. The van der Waals surface area contributed by atoms with E-state index in [1.807, 2.05) is 6.08 Å². The van der Waals surface area contributed by atoms with Crippen molar-refractivity contribution in [3.63, 3.8) is 0 Å². The van der Waals surface area contributed by atoms with Gasteiger partial charge in [0.25, 0.3) is 11.6 Å². The molecule has 1 amide bonds. The number of carbonyl (C=O) groups is 1. The van der Waals surface area contributed by atoms with E-state index in [0.717, 1.165) is 25.1 Å². The first kappa shape index (κ1) is 16.9. The molecule has 0 saturated carbocycles. The summed E-state index contributed by atoms with van der Waals surface area (Å²) < 4.78 is 0. The fraction of sp³-hybridized carbons (Fsp3) is 0.308. The third-order valence-electron chi connectivity index (χ3n) is 3.16. The number of hydrogen-bond donors (Lipinski definition) is 3. The Labute approximate surface area is 128 Å². The van der Waals surface area contributed by atoms with Crippen LogP contribution in [0, 0.1) is 10.1 Å². The zero-order valence-corrected chi connectivity index (χ0v) is 12.1. The Morgan fingerprint density at radius 2 is 2.24 bits per heavy atom. The molecule has 21 heavy (non-hydrogen) atoms. The maximum Gasteiger partial charge on any atom is 0.292 e. The highest BCUT2D eigenvalue weighted by Gasteiger charge is 2.18. The van der Waals surface area contributed by atoms with E-state index in [1.54, 1.807) is 0 Å². The van der Waals surface area contributed by atoms with Gasteiger partial charge in [-0.15, -0.1) is 12.4 Å². The van der Waals surface area contributed by atoms with E-state index in [1.165, 1.54) is 18.2 Å². The van der Waals surface area contributed by atoms with Crippen LogP contribution in [0.5, 0.6) is 0 Å². The number of amides is 1. The van der Waals surface area contributed by atoms with Crippen molar-refractivity contribution in [2.24, 2.45) is 0 Å². The molecule has 0 bridgehead atoms. The number of nitrogens with zero attached hydrogens (tertiary/aromatic N) is 1. The lowest BCUT2D eigenvalue weighted by molar-refractivity contribution is -0.383. The van der Waals surface area contributed by atoms with Gasteiger partial charge in [0.15, 0.2) is 0 Å². The lowest BCUT2D eigenvalue weighted by Crippen LogP contribution is -2.30. The van der Waals surface area contributed by atoms with Crippen LogP contribution in [0.1, 0.15) is 16.8 Å². The molecule has 1 heterocycles. The lowest BCUT2D eigenvalue weighted by atomic mass is 10.1. The molecule has 1 aromatic rings. The molecule has 0 unspecified atom stereocenters. The number of carbonyl (C=O) groups excluding carboxylic acids is 1. The predicted octanol–water partition coefficient (Wildman–Crippen LogP) is 1.25. The van der Waals surface area contributed by atoms with Crippen LogP contribution in [0.25, 0.3) is 0 Å². The molecule has 8 heteroatoms. The Morgan fingerprint density at radius 3 is 2.86 bits per heavy atom. The third kappa shape index (κ3) is 4.17. The number of para-hydroxylation sites is 1. The molecule has 0 spiro atoms. The zero-order chi connectivity index (χ0) is 14.5. The highest BCUT2D eigenvalue weighted by atomic mass is 35.5. The van der Waals surface area contributed by atoms with Gasteiger partial charge in [0.2, 0.25) is 0 Å². The number of nitrogen functional groups attached to an aromatic ring is 1. The first-order valence-corrected chi connectivity index (χ1v) is 6.29. The summed E-state index contributed by atoms with van der Waals surface area (Å²) in [6, 6.07) is 4.21. The molecule has 114 valence electrons. The van der Waals surface area contributed by atoms with Crippen LogP contribution < -0.4 is 16.4 Å². The second kappa shape index (κ2) is 7.61. The third-order valence-corrected chi connectivity index (χ3v) is 3.16. The molecule has 0 aromatic heterocycles. The Balaban J connectivity index is 0.00000220. The van der Waals surface area contributed by atoms with Gasteiger partial charge in [0.05, 0.1) is 10.5 Å². The molecular formula is C13H17ClN4O3. The summed E-state index contributed by atoms with van der Waals surface area (Å²) in [7, 11) is 0. The number of anilines is 1. The standard InChI is InChI=1S/C13H16N4O3.ClH/c14-12-10(2-1-3-11(12)17(19)20)13(18)16-8-9-4-6-15-7-5-9;/h1-4,15H,5-8,14H2,(H,16,18);1H. The summed E-state index contributed by atoms with van der Waals surface area (Å²) in [4.78, 5) is 22.2. The average molecular weight is 313 g/mol. The number of nitro benzene ring substituents is 1. The monoisotopic (exact) mass is 312 g/mol. The maximum atomic E-state index is 12.0. The summed E-state index contributed by atoms with van der Waals surface area (Å²) in [5.41, 5.74) is 6.59. The van der Waals surface area contributed by atoms with Crippen LogP contribution in [0.3, 0.4) is 0 Å². The second-order valence-corrected chi connectivity index (χ2v) is 4.49. The summed E-state index contributed by atoms with van der Waals surface area (Å²) in [6.45, 7) is 2.12. The van der Waals surface area contributed by atoms with E-state index < -0.39 is 10.8 Å². The van der Waals surface area contributed by atoms with Gasteiger partial charge >= 0.3 is 0 Å². The van der Waals surface area contributed by atoms with E-state index in [9.17, 15) is 14.9 Å². The largest absolute Gasteiger partial charge is 0.393 e. The molecule has 1 aliphatic rings. The average Bonchev–Trinajstić information content (AvgIpc) is 2.46. The van der Waals surface area contributed by atoms with E-state index in [0.29, 0.717) is 6.54 Å². The minimum atomic E-state index is -0.596. The van der Waals surface area contributed by atoms with E-state index in [2.05, 4.69) is 10.6 Å². The van der Waals surface area contributed by atoms with Crippen molar-refractivity contribution >= 4 is 29.7 Å². The predicted molar refractivity (Wildman–Crippen MR) is 82.7 cm³/mol. The minimum Gasteiger partial charge on any atom is -0.393 e. The SMILES string of the molecule is Cl.Nc1c(C(=O)NCC2=CCNCC2)cccc1[N+](=O)[O-]. The van der Waals surface area contributed by atoms with Crippen LogP contribution in [0.4, 0.5) is 11.4 Å². The van der Waals surface area contributed by atoms with E-state index in [-0.39, 0.29) is 29.3 Å². The lowest BCUT2D eigenvalue weighted by Gasteiger charge is -2.15. The molecule has 4 N–H and O–H groups in total. The summed E-state index contributed by atoms with van der Waals surface area (Å²) in [6.07, 6.45) is 2.91. The minimum absolute atomic E-state index is 0. The van der Waals surface area contributed by atoms with Crippen molar-refractivity contribution in [2.75, 3.05) is 25.4 Å². The molecule has 7 nitrogen and oxygen atoms in total. The molecule has 0 saturated heterocycles. The Bertz CT molecular complexity index is 575. The van der Waals surface area contributed by atoms with Crippen LogP contribution >= 0.6 is 12.4 Å². The van der Waals surface area contributed by atoms with Crippen molar-refractivity contribution in [2.45, 2.75) is 6.42 Å².